The van der Waals surface area contributed by atoms with Gasteiger partial charge in [-0.3, -0.25) is 9.59 Å². The predicted octanol–water partition coefficient (Wildman–Crippen LogP) is 3.38. The molecule has 0 unspecified atom stereocenters. The molecule has 0 spiro atoms. The van der Waals surface area contributed by atoms with Crippen molar-refractivity contribution in [2.75, 3.05) is 13.4 Å². The molecule has 1 N–H and O–H groups in total. The maximum atomic E-state index is 12.1. The Kier molecular flexibility index (Phi) is 5.62. The standard InChI is InChI=1S/C21H20N2O5S/c1-13(14-6-7-16-17(10-14)28-12-27-16)22-19(24)11-26-21(25)9-8-20-23-15-4-2-3-5-18(15)29-20/h2-7,10,13H,8-9,11-12H2,1H3,(H,22,24)/t13-/m1/s1. The summed E-state index contributed by atoms with van der Waals surface area (Å²) in [6, 6.07) is 13.1. The minimum Gasteiger partial charge on any atom is -0.456 e. The van der Waals surface area contributed by atoms with Gasteiger partial charge in [0.1, 0.15) is 0 Å². The van der Waals surface area contributed by atoms with Gasteiger partial charge in [0, 0.05) is 6.42 Å². The third-order valence-corrected chi connectivity index (χ3v) is 5.62. The van der Waals surface area contributed by atoms with Crippen LogP contribution in [0.5, 0.6) is 11.5 Å². The highest BCUT2D eigenvalue weighted by atomic mass is 32.1. The van der Waals surface area contributed by atoms with E-state index in [1.165, 1.54) is 0 Å². The van der Waals surface area contributed by atoms with Crippen LogP contribution in [0.4, 0.5) is 0 Å². The Morgan fingerprint density at radius 3 is 2.90 bits per heavy atom. The quantitative estimate of drug-likeness (QED) is 0.599. The van der Waals surface area contributed by atoms with E-state index in [2.05, 4.69) is 10.3 Å². The van der Waals surface area contributed by atoms with E-state index in [4.69, 9.17) is 14.2 Å². The smallest absolute Gasteiger partial charge is 0.306 e. The van der Waals surface area contributed by atoms with Gasteiger partial charge in [0.15, 0.2) is 18.1 Å². The minimum absolute atomic E-state index is 0.185. The lowest BCUT2D eigenvalue weighted by molar-refractivity contribution is -0.148. The Balaban J connectivity index is 1.22. The third kappa shape index (κ3) is 4.65. The molecule has 0 fully saturated rings. The molecule has 0 bridgehead atoms. The highest BCUT2D eigenvalue weighted by Crippen LogP contribution is 2.34. The summed E-state index contributed by atoms with van der Waals surface area (Å²) >= 11 is 1.56. The van der Waals surface area contributed by atoms with Crippen molar-refractivity contribution >= 4 is 33.4 Å². The molecule has 1 aliphatic heterocycles. The van der Waals surface area contributed by atoms with Crippen molar-refractivity contribution in [2.45, 2.75) is 25.8 Å². The summed E-state index contributed by atoms with van der Waals surface area (Å²) < 4.78 is 16.8. The second kappa shape index (κ2) is 8.48. The summed E-state index contributed by atoms with van der Waals surface area (Å²) in [5.41, 5.74) is 1.81. The SMILES string of the molecule is C[C@@H](NC(=O)COC(=O)CCc1nc2ccccc2s1)c1ccc2c(c1)OCO2. The van der Waals surface area contributed by atoms with Gasteiger partial charge >= 0.3 is 5.97 Å². The average Bonchev–Trinajstić information content (AvgIpc) is 3.36. The summed E-state index contributed by atoms with van der Waals surface area (Å²) in [5, 5.41) is 3.69. The first kappa shape index (κ1) is 19.2. The Morgan fingerprint density at radius 2 is 2.03 bits per heavy atom. The fraction of sp³-hybridized carbons (Fsp3) is 0.286. The number of ether oxygens (including phenoxy) is 3. The van der Waals surface area contributed by atoms with Gasteiger partial charge in [0.05, 0.1) is 27.7 Å². The van der Waals surface area contributed by atoms with E-state index in [0.717, 1.165) is 20.8 Å². The molecule has 2 heterocycles. The maximum absolute atomic E-state index is 12.1. The van der Waals surface area contributed by atoms with Crippen molar-refractivity contribution in [3.05, 3.63) is 53.0 Å². The number of hydrogen-bond acceptors (Lipinski definition) is 7. The van der Waals surface area contributed by atoms with Gasteiger partial charge in [-0.15, -0.1) is 11.3 Å². The highest BCUT2D eigenvalue weighted by Gasteiger charge is 2.17. The van der Waals surface area contributed by atoms with Crippen LogP contribution in [-0.4, -0.2) is 30.3 Å². The molecule has 1 aliphatic rings. The number of fused-ring (bicyclic) bond motifs is 2. The van der Waals surface area contributed by atoms with E-state index >= 15 is 0 Å². The van der Waals surface area contributed by atoms with E-state index in [1.807, 2.05) is 49.4 Å². The number of thiazole rings is 1. The second-order valence-corrected chi connectivity index (χ2v) is 7.75. The number of carbonyl (C=O) groups excluding carboxylic acids is 2. The Hall–Kier alpha value is -3.13. The number of amides is 1. The van der Waals surface area contributed by atoms with Crippen LogP contribution in [0.15, 0.2) is 42.5 Å². The van der Waals surface area contributed by atoms with E-state index in [9.17, 15) is 9.59 Å². The molecule has 29 heavy (non-hydrogen) atoms. The van der Waals surface area contributed by atoms with Gasteiger partial charge in [0.2, 0.25) is 6.79 Å². The molecule has 1 atom stereocenters. The first-order valence-electron chi connectivity index (χ1n) is 9.27. The molecule has 1 aromatic heterocycles. The Labute approximate surface area is 171 Å². The predicted molar refractivity (Wildman–Crippen MR) is 108 cm³/mol. The van der Waals surface area contributed by atoms with Crippen LogP contribution in [0.1, 0.15) is 30.0 Å². The number of nitrogens with one attached hydrogen (secondary N) is 1. The third-order valence-electron chi connectivity index (χ3n) is 4.52. The lowest BCUT2D eigenvalue weighted by Crippen LogP contribution is -2.31. The molecule has 150 valence electrons. The zero-order chi connectivity index (χ0) is 20.2. The number of hydrogen-bond donors (Lipinski definition) is 1. The van der Waals surface area contributed by atoms with Crippen LogP contribution in [-0.2, 0) is 20.7 Å². The molecular weight excluding hydrogens is 392 g/mol. The van der Waals surface area contributed by atoms with Crippen LogP contribution in [0.25, 0.3) is 10.2 Å². The number of aromatic nitrogens is 1. The monoisotopic (exact) mass is 412 g/mol. The molecule has 0 aliphatic carbocycles. The molecule has 0 radical (unpaired) electrons. The molecular formula is C21H20N2O5S. The van der Waals surface area contributed by atoms with Gasteiger partial charge in [-0.1, -0.05) is 18.2 Å². The molecule has 0 saturated heterocycles. The molecule has 3 aromatic rings. The second-order valence-electron chi connectivity index (χ2n) is 6.64. The Bertz CT molecular complexity index is 1020. The van der Waals surface area contributed by atoms with Crippen molar-refractivity contribution in [3.63, 3.8) is 0 Å². The first-order valence-corrected chi connectivity index (χ1v) is 10.1. The number of rotatable bonds is 7. The molecule has 2 aromatic carbocycles. The average molecular weight is 412 g/mol. The summed E-state index contributed by atoms with van der Waals surface area (Å²) in [6.45, 7) is 1.74. The zero-order valence-electron chi connectivity index (χ0n) is 15.8. The van der Waals surface area contributed by atoms with Gasteiger partial charge in [-0.25, -0.2) is 4.98 Å². The molecule has 7 nitrogen and oxygen atoms in total. The first-order chi connectivity index (χ1) is 14.1. The fourth-order valence-electron chi connectivity index (χ4n) is 3.00. The highest BCUT2D eigenvalue weighted by molar-refractivity contribution is 7.18. The molecule has 4 rings (SSSR count). The number of para-hydroxylation sites is 1. The Morgan fingerprint density at radius 1 is 1.21 bits per heavy atom. The van der Waals surface area contributed by atoms with Crippen molar-refractivity contribution in [1.82, 2.24) is 10.3 Å². The van der Waals surface area contributed by atoms with Crippen LogP contribution in [0.3, 0.4) is 0 Å². The number of benzene rings is 2. The van der Waals surface area contributed by atoms with Crippen molar-refractivity contribution in [2.24, 2.45) is 0 Å². The van der Waals surface area contributed by atoms with Gasteiger partial charge < -0.3 is 19.5 Å². The van der Waals surface area contributed by atoms with Gasteiger partial charge in [-0.2, -0.15) is 0 Å². The van der Waals surface area contributed by atoms with Crippen molar-refractivity contribution < 1.29 is 23.8 Å². The number of nitrogens with zero attached hydrogens (tertiary/aromatic N) is 1. The molecule has 1 amide bonds. The number of carbonyl (C=O) groups is 2. The van der Waals surface area contributed by atoms with Crippen LogP contribution in [0, 0.1) is 0 Å². The number of aryl methyl sites for hydroxylation is 1. The van der Waals surface area contributed by atoms with E-state index in [1.54, 1.807) is 11.3 Å². The molecule has 8 heteroatoms. The zero-order valence-corrected chi connectivity index (χ0v) is 16.7. The van der Waals surface area contributed by atoms with E-state index in [-0.39, 0.29) is 31.8 Å². The van der Waals surface area contributed by atoms with Crippen molar-refractivity contribution in [1.29, 1.82) is 0 Å². The normalized spacial score (nSPS) is 13.3. The van der Waals surface area contributed by atoms with Crippen molar-refractivity contribution in [3.8, 4) is 11.5 Å². The summed E-state index contributed by atoms with van der Waals surface area (Å²) in [7, 11) is 0. The number of esters is 1. The molecule has 0 saturated carbocycles. The minimum atomic E-state index is -0.421. The topological polar surface area (TPSA) is 86.8 Å². The van der Waals surface area contributed by atoms with E-state index < -0.39 is 5.97 Å². The van der Waals surface area contributed by atoms with Crippen LogP contribution in [0.2, 0.25) is 0 Å². The van der Waals surface area contributed by atoms with Crippen LogP contribution < -0.4 is 14.8 Å². The summed E-state index contributed by atoms with van der Waals surface area (Å²) in [6.07, 6.45) is 0.679. The fourth-order valence-corrected chi connectivity index (χ4v) is 3.97. The maximum Gasteiger partial charge on any atom is 0.306 e. The lowest BCUT2D eigenvalue weighted by Gasteiger charge is -2.15. The summed E-state index contributed by atoms with van der Waals surface area (Å²) in [5.74, 6) is 0.567. The summed E-state index contributed by atoms with van der Waals surface area (Å²) in [4.78, 5) is 28.6. The van der Waals surface area contributed by atoms with Gasteiger partial charge in [-0.05, 0) is 36.8 Å². The van der Waals surface area contributed by atoms with Gasteiger partial charge in [0.25, 0.3) is 5.91 Å². The van der Waals surface area contributed by atoms with Crippen LogP contribution >= 0.6 is 11.3 Å². The van der Waals surface area contributed by atoms with E-state index in [0.29, 0.717) is 17.9 Å². The lowest BCUT2D eigenvalue weighted by atomic mass is 10.1. The largest absolute Gasteiger partial charge is 0.456 e.